The summed E-state index contributed by atoms with van der Waals surface area (Å²) in [5, 5.41) is 8.03. The number of hydrogen-bond acceptors (Lipinski definition) is 8. The molecule has 0 aliphatic carbocycles. The number of aryl methyl sites for hydroxylation is 2. The Bertz CT molecular complexity index is 849. The molecule has 9 nitrogen and oxygen atoms in total. The van der Waals surface area contributed by atoms with E-state index in [0.717, 1.165) is 43.3 Å². The Morgan fingerprint density at radius 2 is 1.92 bits per heavy atom. The molecule has 0 N–H and O–H groups in total. The summed E-state index contributed by atoms with van der Waals surface area (Å²) < 4.78 is 6.96. The van der Waals surface area contributed by atoms with Gasteiger partial charge < -0.3 is 9.42 Å². The fourth-order valence-electron chi connectivity index (χ4n) is 2.93. The van der Waals surface area contributed by atoms with Crippen LogP contribution in [0.2, 0.25) is 0 Å². The third-order valence-electron chi connectivity index (χ3n) is 4.25. The highest BCUT2D eigenvalue weighted by molar-refractivity contribution is 5.58. The molecule has 0 aromatic carbocycles. The van der Waals surface area contributed by atoms with Gasteiger partial charge in [0.05, 0.1) is 30.8 Å². The van der Waals surface area contributed by atoms with Gasteiger partial charge in [-0.15, -0.1) is 0 Å². The Morgan fingerprint density at radius 1 is 1.08 bits per heavy atom. The largest absolute Gasteiger partial charge is 0.353 e. The topological polar surface area (TPSA) is 89.0 Å². The van der Waals surface area contributed by atoms with E-state index in [-0.39, 0.29) is 0 Å². The van der Waals surface area contributed by atoms with Gasteiger partial charge in [0.25, 0.3) is 0 Å². The second-order valence-electron chi connectivity index (χ2n) is 6.16. The standard InChI is InChI=1S/C16H20N8O/c1-12-19-16(25-21-12)11-23-3-5-24(6-4-23)15-9-17-8-14(20-15)13-7-18-22(2)10-13/h7-10H,3-6,11H2,1-2H3. The van der Waals surface area contributed by atoms with Crippen molar-refractivity contribution < 1.29 is 4.52 Å². The summed E-state index contributed by atoms with van der Waals surface area (Å²) in [4.78, 5) is 17.9. The maximum absolute atomic E-state index is 5.20. The van der Waals surface area contributed by atoms with Gasteiger partial charge in [0.15, 0.2) is 5.82 Å². The van der Waals surface area contributed by atoms with Crippen LogP contribution in [0.4, 0.5) is 5.82 Å². The third kappa shape index (κ3) is 3.50. The van der Waals surface area contributed by atoms with Crippen LogP contribution in [0.3, 0.4) is 0 Å². The molecule has 3 aromatic heterocycles. The Kier molecular flexibility index (Phi) is 4.14. The number of nitrogens with zero attached hydrogens (tertiary/aromatic N) is 8. The van der Waals surface area contributed by atoms with Crippen molar-refractivity contribution in [3.63, 3.8) is 0 Å². The molecule has 0 atom stereocenters. The highest BCUT2D eigenvalue weighted by Crippen LogP contribution is 2.20. The maximum atomic E-state index is 5.20. The molecule has 1 aliphatic rings. The van der Waals surface area contributed by atoms with Crippen molar-refractivity contribution in [1.29, 1.82) is 0 Å². The number of rotatable bonds is 4. The SMILES string of the molecule is Cc1noc(CN2CCN(c3cncc(-c4cnn(C)c4)n3)CC2)n1. The minimum absolute atomic E-state index is 0.671. The Hall–Kier alpha value is -2.81. The summed E-state index contributed by atoms with van der Waals surface area (Å²) in [6.07, 6.45) is 7.34. The van der Waals surface area contributed by atoms with E-state index in [4.69, 9.17) is 9.51 Å². The van der Waals surface area contributed by atoms with Crippen LogP contribution in [0, 0.1) is 6.92 Å². The molecule has 0 amide bonds. The van der Waals surface area contributed by atoms with E-state index in [1.807, 2.05) is 26.4 Å². The molecule has 0 unspecified atom stereocenters. The molecule has 0 radical (unpaired) electrons. The Morgan fingerprint density at radius 3 is 2.60 bits per heavy atom. The Labute approximate surface area is 145 Å². The fourth-order valence-corrected chi connectivity index (χ4v) is 2.93. The molecule has 0 saturated carbocycles. The number of piperazine rings is 1. The van der Waals surface area contributed by atoms with Gasteiger partial charge in [0.2, 0.25) is 5.89 Å². The second kappa shape index (κ2) is 6.60. The molecule has 1 saturated heterocycles. The Balaban J connectivity index is 1.40. The van der Waals surface area contributed by atoms with Crippen molar-refractivity contribution in [2.45, 2.75) is 13.5 Å². The molecule has 9 heteroatoms. The lowest BCUT2D eigenvalue weighted by molar-refractivity contribution is 0.215. The number of hydrogen-bond donors (Lipinski definition) is 0. The van der Waals surface area contributed by atoms with E-state index in [1.54, 1.807) is 17.1 Å². The lowest BCUT2D eigenvalue weighted by Gasteiger charge is -2.34. The monoisotopic (exact) mass is 340 g/mol. The van der Waals surface area contributed by atoms with Crippen LogP contribution in [-0.2, 0) is 13.6 Å². The molecule has 3 aromatic rings. The highest BCUT2D eigenvalue weighted by atomic mass is 16.5. The van der Waals surface area contributed by atoms with Gasteiger partial charge in [0, 0.05) is 45.0 Å². The smallest absolute Gasteiger partial charge is 0.240 e. The van der Waals surface area contributed by atoms with Gasteiger partial charge in [-0.05, 0) is 6.92 Å². The van der Waals surface area contributed by atoms with E-state index < -0.39 is 0 Å². The average Bonchev–Trinajstić information content (AvgIpc) is 3.24. The first-order chi connectivity index (χ1) is 12.2. The first-order valence-electron chi connectivity index (χ1n) is 8.25. The summed E-state index contributed by atoms with van der Waals surface area (Å²) in [7, 11) is 1.89. The lowest BCUT2D eigenvalue weighted by Crippen LogP contribution is -2.46. The zero-order chi connectivity index (χ0) is 17.2. The molecule has 1 fully saturated rings. The zero-order valence-electron chi connectivity index (χ0n) is 14.3. The quantitative estimate of drug-likeness (QED) is 0.692. The number of anilines is 1. The molecule has 25 heavy (non-hydrogen) atoms. The van der Waals surface area contributed by atoms with Gasteiger partial charge in [-0.25, -0.2) is 4.98 Å². The molecular weight excluding hydrogens is 320 g/mol. The first kappa shape index (κ1) is 15.7. The van der Waals surface area contributed by atoms with Crippen LogP contribution in [0.1, 0.15) is 11.7 Å². The first-order valence-corrected chi connectivity index (χ1v) is 8.25. The molecule has 0 spiro atoms. The third-order valence-corrected chi connectivity index (χ3v) is 4.25. The summed E-state index contributed by atoms with van der Waals surface area (Å²) in [6, 6.07) is 0. The molecule has 130 valence electrons. The van der Waals surface area contributed by atoms with Gasteiger partial charge in [-0.1, -0.05) is 5.16 Å². The number of aromatic nitrogens is 6. The van der Waals surface area contributed by atoms with E-state index in [9.17, 15) is 0 Å². The van der Waals surface area contributed by atoms with Gasteiger partial charge in [0.1, 0.15) is 5.82 Å². The van der Waals surface area contributed by atoms with Crippen LogP contribution >= 0.6 is 0 Å². The predicted octanol–water partition coefficient (Wildman–Crippen LogP) is 0.891. The molecule has 1 aliphatic heterocycles. The summed E-state index contributed by atoms with van der Waals surface area (Å²) in [6.45, 7) is 6.13. The lowest BCUT2D eigenvalue weighted by atomic mass is 10.2. The van der Waals surface area contributed by atoms with Gasteiger partial charge >= 0.3 is 0 Å². The second-order valence-corrected chi connectivity index (χ2v) is 6.16. The van der Waals surface area contributed by atoms with Crippen molar-refractivity contribution in [1.82, 2.24) is 34.8 Å². The normalized spacial score (nSPS) is 15.7. The van der Waals surface area contributed by atoms with Crippen molar-refractivity contribution in [2.24, 2.45) is 7.05 Å². The van der Waals surface area contributed by atoms with Crippen LogP contribution in [0.15, 0.2) is 29.3 Å². The van der Waals surface area contributed by atoms with Crippen LogP contribution in [0.25, 0.3) is 11.3 Å². The van der Waals surface area contributed by atoms with Gasteiger partial charge in [-0.2, -0.15) is 10.1 Å². The fraction of sp³-hybridized carbons (Fsp3) is 0.438. The highest BCUT2D eigenvalue weighted by Gasteiger charge is 2.20. The predicted molar refractivity (Wildman–Crippen MR) is 90.8 cm³/mol. The van der Waals surface area contributed by atoms with Crippen molar-refractivity contribution in [3.05, 3.63) is 36.5 Å². The van der Waals surface area contributed by atoms with Crippen LogP contribution < -0.4 is 4.90 Å². The van der Waals surface area contributed by atoms with Crippen LogP contribution in [-0.4, -0.2) is 61.0 Å². The summed E-state index contributed by atoms with van der Waals surface area (Å²) in [5.74, 6) is 2.25. The average molecular weight is 340 g/mol. The molecular formula is C16H20N8O. The van der Waals surface area contributed by atoms with Gasteiger partial charge in [-0.3, -0.25) is 14.6 Å². The molecule has 4 rings (SSSR count). The van der Waals surface area contributed by atoms with E-state index >= 15 is 0 Å². The van der Waals surface area contributed by atoms with E-state index in [1.165, 1.54) is 0 Å². The van der Waals surface area contributed by atoms with Crippen molar-refractivity contribution in [2.75, 3.05) is 31.1 Å². The van der Waals surface area contributed by atoms with Crippen molar-refractivity contribution in [3.8, 4) is 11.3 Å². The molecule has 0 bridgehead atoms. The van der Waals surface area contributed by atoms with Crippen LogP contribution in [0.5, 0.6) is 0 Å². The summed E-state index contributed by atoms with van der Waals surface area (Å²) in [5.41, 5.74) is 1.82. The minimum Gasteiger partial charge on any atom is -0.353 e. The zero-order valence-corrected chi connectivity index (χ0v) is 14.3. The van der Waals surface area contributed by atoms with E-state index in [0.29, 0.717) is 18.3 Å². The van der Waals surface area contributed by atoms with Crippen molar-refractivity contribution >= 4 is 5.82 Å². The maximum Gasteiger partial charge on any atom is 0.240 e. The minimum atomic E-state index is 0.671. The summed E-state index contributed by atoms with van der Waals surface area (Å²) >= 11 is 0. The molecule has 4 heterocycles. The van der Waals surface area contributed by atoms with E-state index in [2.05, 4.69) is 30.0 Å².